The normalized spacial score (nSPS) is 22.1. The van der Waals surface area contributed by atoms with Crippen molar-refractivity contribution in [1.82, 2.24) is 19.9 Å². The van der Waals surface area contributed by atoms with Crippen LogP contribution in [0.4, 0.5) is 0 Å². The van der Waals surface area contributed by atoms with Gasteiger partial charge >= 0.3 is 0 Å². The average molecular weight is 370 g/mol. The minimum atomic E-state index is 0.734. The molecule has 0 spiro atoms. The average Bonchev–Trinajstić information content (AvgIpc) is 3.16. The molecule has 0 aliphatic carbocycles. The van der Waals surface area contributed by atoms with Crippen molar-refractivity contribution in [1.29, 1.82) is 0 Å². The molecule has 6 nitrogen and oxygen atoms in total. The second kappa shape index (κ2) is 9.44. The van der Waals surface area contributed by atoms with Gasteiger partial charge in [-0.3, -0.25) is 9.80 Å². The van der Waals surface area contributed by atoms with Gasteiger partial charge in [-0.15, -0.1) is 0 Å². The standard InChI is InChI=1S/C21H30N4O2/c1-2-5-18(6-3-1)8-9-20-22-21(27-23-20)17-25-10-4-7-19(16-25)15-24-11-13-26-14-12-24/h1-3,5-6,19H,4,7-17H2/t19-/m1/s1. The molecule has 4 rings (SSSR count). The Morgan fingerprint density at radius 2 is 1.85 bits per heavy atom. The molecule has 0 saturated carbocycles. The molecule has 0 amide bonds. The Morgan fingerprint density at radius 1 is 1.00 bits per heavy atom. The van der Waals surface area contributed by atoms with E-state index < -0.39 is 0 Å². The zero-order valence-corrected chi connectivity index (χ0v) is 16.1. The summed E-state index contributed by atoms with van der Waals surface area (Å²) in [5.41, 5.74) is 1.31. The van der Waals surface area contributed by atoms with Crippen LogP contribution in [0.3, 0.4) is 0 Å². The summed E-state index contributed by atoms with van der Waals surface area (Å²) in [6.45, 7) is 8.12. The zero-order chi connectivity index (χ0) is 18.3. The fraction of sp³-hybridized carbons (Fsp3) is 0.619. The van der Waals surface area contributed by atoms with Crippen LogP contribution in [0.2, 0.25) is 0 Å². The van der Waals surface area contributed by atoms with Crippen molar-refractivity contribution in [3.05, 3.63) is 47.6 Å². The first-order valence-electron chi connectivity index (χ1n) is 10.2. The van der Waals surface area contributed by atoms with E-state index >= 15 is 0 Å². The lowest BCUT2D eigenvalue weighted by molar-refractivity contribution is 0.0218. The summed E-state index contributed by atoms with van der Waals surface area (Å²) in [7, 11) is 0. The SMILES string of the molecule is c1ccc(CCc2noc(CN3CCC[C@H](CN4CCOCC4)C3)n2)cc1. The Balaban J connectivity index is 1.24. The number of nitrogens with zero attached hydrogens (tertiary/aromatic N) is 4. The maximum Gasteiger partial charge on any atom is 0.240 e. The van der Waals surface area contributed by atoms with E-state index in [9.17, 15) is 0 Å². The summed E-state index contributed by atoms with van der Waals surface area (Å²) in [6.07, 6.45) is 4.35. The summed E-state index contributed by atoms with van der Waals surface area (Å²) in [6, 6.07) is 10.5. The van der Waals surface area contributed by atoms with E-state index in [1.165, 1.54) is 24.9 Å². The maximum absolute atomic E-state index is 5.51. The van der Waals surface area contributed by atoms with Crippen LogP contribution < -0.4 is 0 Å². The van der Waals surface area contributed by atoms with Crippen LogP contribution in [0.5, 0.6) is 0 Å². The molecule has 0 unspecified atom stereocenters. The third-order valence-electron chi connectivity index (χ3n) is 5.57. The predicted octanol–water partition coefficient (Wildman–Crippen LogP) is 2.40. The molecule has 27 heavy (non-hydrogen) atoms. The Morgan fingerprint density at radius 3 is 2.70 bits per heavy atom. The van der Waals surface area contributed by atoms with E-state index in [1.54, 1.807) is 0 Å². The van der Waals surface area contributed by atoms with Crippen molar-refractivity contribution < 1.29 is 9.26 Å². The predicted molar refractivity (Wildman–Crippen MR) is 103 cm³/mol. The smallest absolute Gasteiger partial charge is 0.240 e. The van der Waals surface area contributed by atoms with Crippen LogP contribution in [0, 0.1) is 5.92 Å². The Hall–Kier alpha value is -1.76. The van der Waals surface area contributed by atoms with Gasteiger partial charge in [0.2, 0.25) is 5.89 Å². The molecule has 0 radical (unpaired) electrons. The lowest BCUT2D eigenvalue weighted by Crippen LogP contribution is -2.44. The van der Waals surface area contributed by atoms with Crippen molar-refractivity contribution in [2.75, 3.05) is 45.9 Å². The third-order valence-corrected chi connectivity index (χ3v) is 5.57. The van der Waals surface area contributed by atoms with Crippen molar-refractivity contribution in [3.8, 4) is 0 Å². The summed E-state index contributed by atoms with van der Waals surface area (Å²) in [4.78, 5) is 9.64. The molecule has 1 atom stereocenters. The highest BCUT2D eigenvalue weighted by molar-refractivity contribution is 5.15. The van der Waals surface area contributed by atoms with Gasteiger partial charge in [-0.05, 0) is 37.3 Å². The van der Waals surface area contributed by atoms with Gasteiger partial charge in [0.1, 0.15) is 0 Å². The molecule has 2 aromatic rings. The Labute approximate surface area is 161 Å². The molecule has 146 valence electrons. The van der Waals surface area contributed by atoms with Gasteiger partial charge in [0.25, 0.3) is 0 Å². The zero-order valence-electron chi connectivity index (χ0n) is 16.1. The lowest BCUT2D eigenvalue weighted by Gasteiger charge is -2.36. The Bertz CT molecular complexity index is 684. The first-order chi connectivity index (χ1) is 13.3. The van der Waals surface area contributed by atoms with Gasteiger partial charge in [0, 0.05) is 32.6 Å². The van der Waals surface area contributed by atoms with Crippen molar-refractivity contribution >= 4 is 0 Å². The number of benzene rings is 1. The highest BCUT2D eigenvalue weighted by Crippen LogP contribution is 2.20. The quantitative estimate of drug-likeness (QED) is 0.746. The number of rotatable bonds is 7. The first kappa shape index (κ1) is 18.6. The van der Waals surface area contributed by atoms with Gasteiger partial charge in [-0.2, -0.15) is 4.98 Å². The second-order valence-electron chi connectivity index (χ2n) is 7.75. The minimum absolute atomic E-state index is 0.734. The van der Waals surface area contributed by atoms with Gasteiger partial charge in [-0.1, -0.05) is 35.5 Å². The van der Waals surface area contributed by atoms with E-state index in [-0.39, 0.29) is 0 Å². The van der Waals surface area contributed by atoms with Crippen LogP contribution in [-0.2, 0) is 24.1 Å². The first-order valence-corrected chi connectivity index (χ1v) is 10.2. The van der Waals surface area contributed by atoms with E-state index in [0.29, 0.717) is 0 Å². The van der Waals surface area contributed by atoms with Gasteiger partial charge in [0.15, 0.2) is 5.82 Å². The van der Waals surface area contributed by atoms with Crippen LogP contribution in [0.15, 0.2) is 34.9 Å². The van der Waals surface area contributed by atoms with Crippen molar-refractivity contribution in [3.63, 3.8) is 0 Å². The molecule has 2 fully saturated rings. The van der Waals surface area contributed by atoms with Crippen molar-refractivity contribution in [2.24, 2.45) is 5.92 Å². The van der Waals surface area contributed by atoms with E-state index in [1.807, 2.05) is 6.07 Å². The number of likely N-dealkylation sites (tertiary alicyclic amines) is 1. The number of aryl methyl sites for hydroxylation is 2. The fourth-order valence-corrected chi connectivity index (χ4v) is 4.14. The van der Waals surface area contributed by atoms with Gasteiger partial charge in [-0.25, -0.2) is 0 Å². The highest BCUT2D eigenvalue weighted by atomic mass is 16.5. The summed E-state index contributed by atoms with van der Waals surface area (Å²) < 4.78 is 11.0. The highest BCUT2D eigenvalue weighted by Gasteiger charge is 2.24. The van der Waals surface area contributed by atoms with E-state index in [0.717, 1.165) is 76.4 Å². The summed E-state index contributed by atoms with van der Waals surface area (Å²) in [5.74, 6) is 2.30. The summed E-state index contributed by atoms with van der Waals surface area (Å²) in [5, 5.41) is 4.17. The number of aromatic nitrogens is 2. The van der Waals surface area contributed by atoms with Gasteiger partial charge < -0.3 is 9.26 Å². The molecule has 3 heterocycles. The monoisotopic (exact) mass is 370 g/mol. The molecular formula is C21H30N4O2. The molecular weight excluding hydrogens is 340 g/mol. The molecule has 0 N–H and O–H groups in total. The van der Waals surface area contributed by atoms with Gasteiger partial charge in [0.05, 0.1) is 19.8 Å². The second-order valence-corrected chi connectivity index (χ2v) is 7.75. The molecule has 2 saturated heterocycles. The topological polar surface area (TPSA) is 54.6 Å². The third kappa shape index (κ3) is 5.61. The number of morpholine rings is 1. The number of hydrogen-bond donors (Lipinski definition) is 0. The molecule has 2 aliphatic heterocycles. The number of ether oxygens (including phenoxy) is 1. The van der Waals surface area contributed by atoms with Crippen LogP contribution in [0.25, 0.3) is 0 Å². The molecule has 1 aromatic carbocycles. The molecule has 0 bridgehead atoms. The number of hydrogen-bond acceptors (Lipinski definition) is 6. The molecule has 1 aromatic heterocycles. The van der Waals surface area contributed by atoms with E-state index in [2.05, 4.69) is 44.2 Å². The molecule has 6 heteroatoms. The summed E-state index contributed by atoms with van der Waals surface area (Å²) >= 11 is 0. The fourth-order valence-electron chi connectivity index (χ4n) is 4.14. The van der Waals surface area contributed by atoms with E-state index in [4.69, 9.17) is 9.26 Å². The Kier molecular flexibility index (Phi) is 6.50. The molecule has 2 aliphatic rings. The largest absolute Gasteiger partial charge is 0.379 e. The van der Waals surface area contributed by atoms with Crippen LogP contribution in [-0.4, -0.2) is 65.9 Å². The van der Waals surface area contributed by atoms with Crippen molar-refractivity contribution in [2.45, 2.75) is 32.2 Å². The van der Waals surface area contributed by atoms with Crippen LogP contribution in [0.1, 0.15) is 30.1 Å². The maximum atomic E-state index is 5.51. The number of piperidine rings is 1. The minimum Gasteiger partial charge on any atom is -0.379 e. The lowest BCUT2D eigenvalue weighted by atomic mass is 9.97. The van der Waals surface area contributed by atoms with Crippen LogP contribution >= 0.6 is 0 Å².